The van der Waals surface area contributed by atoms with Gasteiger partial charge in [-0.1, -0.05) is 71.8 Å². The number of hydrogen-bond acceptors (Lipinski definition) is 12. The van der Waals surface area contributed by atoms with E-state index in [1.165, 1.54) is 33.9 Å². The van der Waals surface area contributed by atoms with E-state index in [1.807, 2.05) is 60.7 Å². The van der Waals surface area contributed by atoms with E-state index in [0.717, 1.165) is 52.4 Å². The van der Waals surface area contributed by atoms with Gasteiger partial charge in [0.1, 0.15) is 0 Å². The number of para-hydroxylation sites is 4. The molecular formula is C54H68Ge2N4O8. The topological polar surface area (TPSA) is 86.8 Å². The average Bonchev–Trinajstić information content (AvgIpc) is 3.35. The zero-order valence-electron chi connectivity index (χ0n) is 39.7. The standard InChI is InChI=1S/2C20H26GeN2O4.2C7H8/c2*1-3-7-19(8-4-1)22-11-15-24-21(25-16-12-22)26-17-13-23(14-18-27-21)20-9-5-2-6-10-20;2*1-7-5-3-2-4-6-7/h2*1-10H,11-18H2;2*2-6H,1H3. The van der Waals surface area contributed by atoms with E-state index in [-0.39, 0.29) is 0 Å². The Kier molecular flexibility index (Phi) is 21.1. The van der Waals surface area contributed by atoms with E-state index in [0.29, 0.717) is 52.9 Å². The first-order chi connectivity index (χ1) is 33.5. The molecule has 0 unspecified atom stereocenters. The van der Waals surface area contributed by atoms with Crippen LogP contribution in [0.3, 0.4) is 0 Å². The van der Waals surface area contributed by atoms with Crippen LogP contribution >= 0.6 is 0 Å². The van der Waals surface area contributed by atoms with Crippen molar-refractivity contribution in [1.82, 2.24) is 0 Å². The van der Waals surface area contributed by atoms with Crippen LogP contribution in [0.5, 0.6) is 0 Å². The Hall–Kier alpha value is -4.71. The normalized spacial score (nSPS) is 18.6. The fourth-order valence-electron chi connectivity index (χ4n) is 7.85. The maximum atomic E-state index is 6.10. The summed E-state index contributed by atoms with van der Waals surface area (Å²) in [5, 5.41) is 0. The predicted molar refractivity (Wildman–Crippen MR) is 276 cm³/mol. The van der Waals surface area contributed by atoms with Gasteiger partial charge >= 0.3 is 328 Å². The molecule has 4 aliphatic heterocycles. The Bertz CT molecular complexity index is 1910. The third-order valence-corrected chi connectivity index (χ3v) is 20.8. The van der Waals surface area contributed by atoms with Crippen LogP contribution in [0.1, 0.15) is 11.1 Å². The van der Waals surface area contributed by atoms with E-state index in [9.17, 15) is 0 Å². The van der Waals surface area contributed by atoms with Gasteiger partial charge in [-0.05, 0) is 13.8 Å². The minimum atomic E-state index is -3.63. The summed E-state index contributed by atoms with van der Waals surface area (Å²) < 4.78 is 48.8. The van der Waals surface area contributed by atoms with Crippen molar-refractivity contribution in [2.45, 2.75) is 13.8 Å². The fraction of sp³-hybridized carbons (Fsp3) is 0.333. The van der Waals surface area contributed by atoms with Gasteiger partial charge in [0.2, 0.25) is 0 Å². The Morgan fingerprint density at radius 2 is 0.412 bits per heavy atom. The molecule has 0 aromatic heterocycles. The van der Waals surface area contributed by atoms with Crippen molar-refractivity contribution < 1.29 is 30.1 Å². The minimum absolute atomic E-state index is 0.553. The van der Waals surface area contributed by atoms with Gasteiger partial charge in [0.05, 0.1) is 0 Å². The molecule has 0 radical (unpaired) electrons. The maximum absolute atomic E-state index is 6.10. The van der Waals surface area contributed by atoms with Crippen LogP contribution in [-0.4, -0.2) is 134 Å². The van der Waals surface area contributed by atoms with Gasteiger partial charge in [-0.2, -0.15) is 0 Å². The molecule has 4 heterocycles. The summed E-state index contributed by atoms with van der Waals surface area (Å²) >= 11 is -7.26. The van der Waals surface area contributed by atoms with Crippen LogP contribution in [0.15, 0.2) is 182 Å². The molecule has 0 atom stereocenters. The predicted octanol–water partition coefficient (Wildman–Crippen LogP) is 9.05. The van der Waals surface area contributed by atoms with Crippen LogP contribution in [0.25, 0.3) is 0 Å². The number of anilines is 4. The molecule has 0 bridgehead atoms. The fourth-order valence-corrected chi connectivity index (χ4v) is 15.7. The molecule has 0 amide bonds. The van der Waals surface area contributed by atoms with Crippen molar-refractivity contribution in [3.8, 4) is 0 Å². The first kappa shape index (κ1) is 51.1. The van der Waals surface area contributed by atoms with Crippen LogP contribution in [0, 0.1) is 13.8 Å². The molecule has 12 nitrogen and oxygen atoms in total. The molecule has 10 rings (SSSR count). The van der Waals surface area contributed by atoms with Crippen LogP contribution in [0.4, 0.5) is 22.7 Å². The number of hydrogen-bond donors (Lipinski definition) is 0. The third kappa shape index (κ3) is 16.8. The molecule has 4 fully saturated rings. The van der Waals surface area contributed by atoms with E-state index in [4.69, 9.17) is 30.1 Å². The molecule has 6 aromatic rings. The summed E-state index contributed by atoms with van der Waals surface area (Å²) in [6.07, 6.45) is 0. The Labute approximate surface area is 411 Å². The molecule has 4 aliphatic rings. The molecule has 68 heavy (non-hydrogen) atoms. The van der Waals surface area contributed by atoms with Gasteiger partial charge < -0.3 is 0 Å². The third-order valence-electron chi connectivity index (χ3n) is 11.5. The molecule has 0 aliphatic carbocycles. The average molecular weight is 1050 g/mol. The van der Waals surface area contributed by atoms with Gasteiger partial charge in [0.15, 0.2) is 0 Å². The van der Waals surface area contributed by atoms with E-state index < -0.39 is 29.2 Å². The number of aryl methyl sites for hydroxylation is 2. The molecule has 0 N–H and O–H groups in total. The molecule has 360 valence electrons. The van der Waals surface area contributed by atoms with Crippen LogP contribution < -0.4 is 19.6 Å². The first-order valence-electron chi connectivity index (χ1n) is 23.8. The molecule has 0 saturated carbocycles. The summed E-state index contributed by atoms with van der Waals surface area (Å²) in [5.74, 6) is 0. The zero-order valence-corrected chi connectivity index (χ0v) is 43.9. The SMILES string of the molecule is Cc1ccccc1.Cc1ccccc1.c1ccc(N2CC[O][Ge]3([O]CC2)[O]CCN(c2ccccc2)CC[O]3)cc1.c1ccc(N2CC[O][Ge]3([O]CC2)[O]CCN(c2ccccc2)CC[O]3)cc1. The van der Waals surface area contributed by atoms with E-state index in [1.54, 1.807) is 0 Å². The van der Waals surface area contributed by atoms with Gasteiger partial charge in [-0.3, -0.25) is 0 Å². The van der Waals surface area contributed by atoms with E-state index >= 15 is 0 Å². The van der Waals surface area contributed by atoms with Crippen LogP contribution in [-0.2, 0) is 30.1 Å². The Balaban J connectivity index is 0.000000157. The van der Waals surface area contributed by atoms with Gasteiger partial charge in [0, 0.05) is 0 Å². The summed E-state index contributed by atoms with van der Waals surface area (Å²) in [6, 6.07) is 61.9. The Morgan fingerprint density at radius 1 is 0.250 bits per heavy atom. The van der Waals surface area contributed by atoms with Crippen LogP contribution in [0.2, 0.25) is 0 Å². The summed E-state index contributed by atoms with van der Waals surface area (Å²) in [7, 11) is 0. The molecule has 2 spiro atoms. The number of rotatable bonds is 4. The molecule has 4 saturated heterocycles. The second-order valence-corrected chi connectivity index (χ2v) is 25.4. The van der Waals surface area contributed by atoms with Crippen molar-refractivity contribution in [2.75, 3.05) is 125 Å². The first-order valence-corrected chi connectivity index (χ1v) is 30.7. The molecule has 6 aromatic carbocycles. The summed E-state index contributed by atoms with van der Waals surface area (Å²) in [4.78, 5) is 9.09. The van der Waals surface area contributed by atoms with Crippen molar-refractivity contribution >= 4 is 52.0 Å². The quantitative estimate of drug-likeness (QED) is 0.158. The second-order valence-electron chi connectivity index (χ2n) is 16.4. The second kappa shape index (κ2) is 28.1. The van der Waals surface area contributed by atoms with Crippen molar-refractivity contribution in [2.24, 2.45) is 0 Å². The summed E-state index contributed by atoms with van der Waals surface area (Å²) in [6.45, 7) is 15.1. The molecule has 14 heteroatoms. The monoisotopic (exact) mass is 1050 g/mol. The van der Waals surface area contributed by atoms with Crippen molar-refractivity contribution in [1.29, 1.82) is 0 Å². The Morgan fingerprint density at radius 3 is 0.559 bits per heavy atom. The molecular weight excluding hydrogens is 978 g/mol. The van der Waals surface area contributed by atoms with Gasteiger partial charge in [0.25, 0.3) is 0 Å². The van der Waals surface area contributed by atoms with E-state index in [2.05, 4.69) is 155 Å². The van der Waals surface area contributed by atoms with Crippen molar-refractivity contribution in [3.63, 3.8) is 0 Å². The summed E-state index contributed by atoms with van der Waals surface area (Å²) in [5.41, 5.74) is 7.39. The van der Waals surface area contributed by atoms with Gasteiger partial charge in [-0.15, -0.1) is 0 Å². The zero-order chi connectivity index (χ0) is 47.0. The van der Waals surface area contributed by atoms with Crippen molar-refractivity contribution in [3.05, 3.63) is 193 Å². The van der Waals surface area contributed by atoms with Gasteiger partial charge in [-0.25, -0.2) is 0 Å². The number of nitrogens with zero attached hydrogens (tertiary/aromatic N) is 4. The number of benzene rings is 6.